The van der Waals surface area contributed by atoms with Gasteiger partial charge in [0.05, 0.1) is 5.75 Å². The molecule has 90 valence electrons. The summed E-state index contributed by atoms with van der Waals surface area (Å²) in [6.45, 7) is 0.0700. The molecule has 1 aromatic rings. The van der Waals surface area contributed by atoms with E-state index < -0.39 is 21.9 Å². The molecule has 0 aliphatic rings. The maximum absolute atomic E-state index is 12.6. The van der Waals surface area contributed by atoms with Crippen LogP contribution in [0.2, 0.25) is 0 Å². The summed E-state index contributed by atoms with van der Waals surface area (Å²) in [6.07, 6.45) is 0.319. The Morgan fingerprint density at radius 3 is 2.25 bits per heavy atom. The molecule has 6 heteroatoms. The van der Waals surface area contributed by atoms with E-state index >= 15 is 0 Å². The van der Waals surface area contributed by atoms with Gasteiger partial charge in [0, 0.05) is 0 Å². The molecule has 0 aromatic heterocycles. The summed E-state index contributed by atoms with van der Waals surface area (Å²) in [6, 6.07) is 5.60. The van der Waals surface area contributed by atoms with Crippen LogP contribution >= 0.6 is 0 Å². The smallest absolute Gasteiger partial charge is 0.302 e. The van der Waals surface area contributed by atoms with Gasteiger partial charge in [-0.05, 0) is 36.6 Å². The third-order valence-corrected chi connectivity index (χ3v) is 3.08. The van der Waals surface area contributed by atoms with Crippen LogP contribution in [0.5, 0.6) is 0 Å². The first-order valence-electron chi connectivity index (χ1n) is 4.77. The second-order valence-electron chi connectivity index (χ2n) is 3.64. The summed E-state index contributed by atoms with van der Waals surface area (Å²) in [5.74, 6) is -1.45. The summed E-state index contributed by atoms with van der Waals surface area (Å²) < 4.78 is 46.0. The van der Waals surface area contributed by atoms with E-state index in [9.17, 15) is 16.7 Å². The summed E-state index contributed by atoms with van der Waals surface area (Å²) in [5, 5.41) is 0. The van der Waals surface area contributed by atoms with Crippen LogP contribution in [0, 0.1) is 11.7 Å². The fourth-order valence-corrected chi connectivity index (χ4v) is 2.26. The molecule has 0 spiro atoms. The van der Waals surface area contributed by atoms with Gasteiger partial charge in [0.25, 0.3) is 0 Å². The minimum atomic E-state index is -4.52. The first kappa shape index (κ1) is 13.1. The van der Waals surface area contributed by atoms with Crippen LogP contribution in [0.25, 0.3) is 0 Å². The van der Waals surface area contributed by atoms with Crippen molar-refractivity contribution in [3.05, 3.63) is 35.6 Å². The lowest BCUT2D eigenvalue weighted by molar-refractivity contribution is 0.518. The maximum Gasteiger partial charge on any atom is 0.302 e. The number of hydrogen-bond donors (Lipinski definition) is 1. The molecular weight excluding hydrogens is 236 g/mol. The Morgan fingerprint density at radius 2 is 1.81 bits per heavy atom. The van der Waals surface area contributed by atoms with Gasteiger partial charge in [0.1, 0.15) is 5.82 Å². The summed E-state index contributed by atoms with van der Waals surface area (Å²) in [4.78, 5) is 0. The average Bonchev–Trinajstić information content (AvgIpc) is 2.18. The molecule has 1 rings (SSSR count). The SMILES string of the molecule is NCC(Cc1ccc(F)cc1)CS(=O)(=O)F. The van der Waals surface area contributed by atoms with E-state index in [1.54, 1.807) is 0 Å². The molecule has 1 atom stereocenters. The van der Waals surface area contributed by atoms with Gasteiger partial charge in [0.2, 0.25) is 0 Å². The zero-order valence-electron chi connectivity index (χ0n) is 8.57. The predicted octanol–water partition coefficient (Wildman–Crippen LogP) is 1.24. The van der Waals surface area contributed by atoms with Crippen molar-refractivity contribution in [1.82, 2.24) is 0 Å². The number of halogens is 2. The highest BCUT2D eigenvalue weighted by atomic mass is 32.3. The molecule has 1 aromatic carbocycles. The molecular formula is C10H13F2NO2S. The van der Waals surface area contributed by atoms with Crippen LogP contribution < -0.4 is 5.73 Å². The van der Waals surface area contributed by atoms with Crippen molar-refractivity contribution in [3.8, 4) is 0 Å². The van der Waals surface area contributed by atoms with Gasteiger partial charge in [-0.2, -0.15) is 8.42 Å². The molecule has 0 heterocycles. The first-order valence-corrected chi connectivity index (χ1v) is 6.33. The average molecular weight is 249 g/mol. The Balaban J connectivity index is 2.67. The molecule has 0 aliphatic carbocycles. The highest BCUT2D eigenvalue weighted by Crippen LogP contribution is 2.12. The van der Waals surface area contributed by atoms with E-state index in [1.807, 2.05) is 0 Å². The minimum absolute atomic E-state index is 0.0700. The molecule has 16 heavy (non-hydrogen) atoms. The van der Waals surface area contributed by atoms with Crippen molar-refractivity contribution in [3.63, 3.8) is 0 Å². The molecule has 0 aliphatic heterocycles. The molecule has 0 saturated heterocycles. The standard InChI is InChI=1S/C10H13F2NO2S/c11-10-3-1-8(2-4-10)5-9(6-13)7-16(12,14)15/h1-4,9H,5-7,13H2. The lowest BCUT2D eigenvalue weighted by Gasteiger charge is -2.11. The molecule has 0 radical (unpaired) electrons. The van der Waals surface area contributed by atoms with Crippen LogP contribution in [0.1, 0.15) is 5.56 Å². The Morgan fingerprint density at radius 1 is 1.25 bits per heavy atom. The van der Waals surface area contributed by atoms with Crippen LogP contribution in [0.3, 0.4) is 0 Å². The van der Waals surface area contributed by atoms with Crippen molar-refractivity contribution in [2.45, 2.75) is 6.42 Å². The van der Waals surface area contributed by atoms with Crippen LogP contribution in [0.4, 0.5) is 8.28 Å². The van der Waals surface area contributed by atoms with E-state index in [2.05, 4.69) is 0 Å². The van der Waals surface area contributed by atoms with Crippen LogP contribution in [-0.2, 0) is 16.6 Å². The highest BCUT2D eigenvalue weighted by Gasteiger charge is 2.17. The number of rotatable bonds is 5. The monoisotopic (exact) mass is 249 g/mol. The largest absolute Gasteiger partial charge is 0.330 e. The molecule has 2 N–H and O–H groups in total. The molecule has 0 bridgehead atoms. The zero-order valence-corrected chi connectivity index (χ0v) is 9.38. The number of benzene rings is 1. The van der Waals surface area contributed by atoms with Crippen molar-refractivity contribution >= 4 is 10.2 Å². The van der Waals surface area contributed by atoms with Gasteiger partial charge in [-0.1, -0.05) is 12.1 Å². The lowest BCUT2D eigenvalue weighted by atomic mass is 10.0. The van der Waals surface area contributed by atoms with Crippen molar-refractivity contribution in [1.29, 1.82) is 0 Å². The van der Waals surface area contributed by atoms with Gasteiger partial charge in [-0.15, -0.1) is 3.89 Å². The second kappa shape index (κ2) is 5.36. The Bertz CT molecular complexity index is 431. The maximum atomic E-state index is 12.6. The number of hydrogen-bond acceptors (Lipinski definition) is 3. The minimum Gasteiger partial charge on any atom is -0.330 e. The fraction of sp³-hybridized carbons (Fsp3) is 0.400. The van der Waals surface area contributed by atoms with Crippen LogP contribution in [-0.4, -0.2) is 20.7 Å². The molecule has 3 nitrogen and oxygen atoms in total. The van der Waals surface area contributed by atoms with Gasteiger partial charge >= 0.3 is 10.2 Å². The molecule has 0 fully saturated rings. The van der Waals surface area contributed by atoms with Crippen molar-refractivity contribution < 1.29 is 16.7 Å². The summed E-state index contributed by atoms with van der Waals surface area (Å²) in [5.41, 5.74) is 6.09. The van der Waals surface area contributed by atoms with Gasteiger partial charge in [-0.3, -0.25) is 0 Å². The van der Waals surface area contributed by atoms with E-state index in [4.69, 9.17) is 5.73 Å². The van der Waals surface area contributed by atoms with E-state index in [0.29, 0.717) is 6.42 Å². The van der Waals surface area contributed by atoms with Crippen LogP contribution in [0.15, 0.2) is 24.3 Å². The van der Waals surface area contributed by atoms with E-state index in [-0.39, 0.29) is 12.4 Å². The zero-order chi connectivity index (χ0) is 12.2. The Labute approximate surface area is 93.5 Å². The topological polar surface area (TPSA) is 60.2 Å². The quantitative estimate of drug-likeness (QED) is 0.799. The van der Waals surface area contributed by atoms with Gasteiger partial charge in [-0.25, -0.2) is 4.39 Å². The third kappa shape index (κ3) is 4.67. The van der Waals surface area contributed by atoms with E-state index in [1.165, 1.54) is 24.3 Å². The molecule has 1 unspecified atom stereocenters. The van der Waals surface area contributed by atoms with Gasteiger partial charge in [0.15, 0.2) is 0 Å². The summed E-state index contributed by atoms with van der Waals surface area (Å²) in [7, 11) is -4.52. The first-order chi connectivity index (χ1) is 7.40. The second-order valence-corrected chi connectivity index (χ2v) is 5.05. The van der Waals surface area contributed by atoms with Crippen molar-refractivity contribution in [2.75, 3.05) is 12.3 Å². The van der Waals surface area contributed by atoms with Crippen molar-refractivity contribution in [2.24, 2.45) is 11.7 Å². The lowest BCUT2D eigenvalue weighted by Crippen LogP contribution is -2.23. The normalized spacial score (nSPS) is 13.7. The molecule has 0 amide bonds. The summed E-state index contributed by atoms with van der Waals surface area (Å²) >= 11 is 0. The van der Waals surface area contributed by atoms with E-state index in [0.717, 1.165) is 5.56 Å². The van der Waals surface area contributed by atoms with Gasteiger partial charge < -0.3 is 5.73 Å². The Hall–Kier alpha value is -1.01. The highest BCUT2D eigenvalue weighted by molar-refractivity contribution is 7.86. The Kier molecular flexibility index (Phi) is 4.37. The fourth-order valence-electron chi connectivity index (χ4n) is 1.45. The third-order valence-electron chi connectivity index (χ3n) is 2.21. The molecule has 0 saturated carbocycles. The predicted molar refractivity (Wildman–Crippen MR) is 57.5 cm³/mol. The number of nitrogens with two attached hydrogens (primary N) is 1.